The number of rotatable bonds is 5. The van der Waals surface area contributed by atoms with Gasteiger partial charge in [-0.3, -0.25) is 4.72 Å². The molecule has 0 saturated heterocycles. The number of urea groups is 1. The Hall–Kier alpha value is -2.55. The summed E-state index contributed by atoms with van der Waals surface area (Å²) in [5.74, 6) is 0. The zero-order valence-electron chi connectivity index (χ0n) is 13.3. The lowest BCUT2D eigenvalue weighted by Crippen LogP contribution is -2.19. The first-order valence-electron chi connectivity index (χ1n) is 7.44. The zero-order chi connectivity index (χ0) is 18.6. The fraction of sp³-hybridized carbons (Fsp3) is 0. The van der Waals surface area contributed by atoms with Crippen molar-refractivity contribution >= 4 is 56.1 Å². The van der Waals surface area contributed by atoms with Crippen LogP contribution in [0.2, 0.25) is 4.34 Å². The second kappa shape index (κ2) is 7.77. The number of hydrogen-bond acceptors (Lipinski definition) is 4. The first kappa shape index (κ1) is 18.2. The van der Waals surface area contributed by atoms with Crippen LogP contribution in [0.3, 0.4) is 0 Å². The van der Waals surface area contributed by atoms with E-state index >= 15 is 0 Å². The van der Waals surface area contributed by atoms with Gasteiger partial charge in [0.05, 0.1) is 10.0 Å². The van der Waals surface area contributed by atoms with Crippen molar-refractivity contribution in [2.24, 2.45) is 0 Å². The zero-order valence-corrected chi connectivity index (χ0v) is 15.7. The second-order valence-corrected chi connectivity index (χ2v) is 8.81. The predicted octanol–water partition coefficient (Wildman–Crippen LogP) is 4.85. The Morgan fingerprint density at radius 2 is 1.50 bits per heavy atom. The van der Waals surface area contributed by atoms with E-state index < -0.39 is 16.1 Å². The highest BCUT2D eigenvalue weighted by atomic mass is 35.5. The minimum atomic E-state index is -3.73. The monoisotopic (exact) mass is 407 g/mol. The summed E-state index contributed by atoms with van der Waals surface area (Å²) in [5.41, 5.74) is 1.42. The van der Waals surface area contributed by atoms with Crippen molar-refractivity contribution in [3.8, 4) is 0 Å². The van der Waals surface area contributed by atoms with Crippen LogP contribution in [-0.4, -0.2) is 14.4 Å². The summed E-state index contributed by atoms with van der Waals surface area (Å²) in [5, 5.41) is 5.34. The van der Waals surface area contributed by atoms with Gasteiger partial charge in [0.25, 0.3) is 10.0 Å². The van der Waals surface area contributed by atoms with E-state index in [0.717, 1.165) is 11.3 Å². The second-order valence-electron chi connectivity index (χ2n) is 5.19. The third-order valence-corrected chi connectivity index (χ3v) is 6.32. The molecule has 0 fully saturated rings. The average Bonchev–Trinajstić information content (AvgIpc) is 3.03. The third kappa shape index (κ3) is 4.75. The predicted molar refractivity (Wildman–Crippen MR) is 106 cm³/mol. The molecule has 0 saturated carbocycles. The molecule has 0 aliphatic heterocycles. The van der Waals surface area contributed by atoms with Crippen molar-refractivity contribution in [3.05, 3.63) is 71.1 Å². The normalized spacial score (nSPS) is 11.0. The maximum atomic E-state index is 12.3. The lowest BCUT2D eigenvalue weighted by atomic mass is 10.3. The lowest BCUT2D eigenvalue weighted by molar-refractivity contribution is 0.262. The van der Waals surface area contributed by atoms with Gasteiger partial charge in [-0.05, 0) is 42.5 Å². The van der Waals surface area contributed by atoms with Crippen LogP contribution in [0.15, 0.2) is 70.9 Å². The summed E-state index contributed by atoms with van der Waals surface area (Å²) in [6, 6.07) is 17.9. The number of carbonyl (C=O) groups excluding carboxylic acids is 1. The fourth-order valence-corrected chi connectivity index (χ4v) is 4.66. The molecular formula is C17H14ClN3O3S2. The van der Waals surface area contributed by atoms with E-state index in [0.29, 0.717) is 21.4 Å². The Morgan fingerprint density at radius 1 is 0.846 bits per heavy atom. The van der Waals surface area contributed by atoms with E-state index in [2.05, 4.69) is 15.4 Å². The summed E-state index contributed by atoms with van der Waals surface area (Å²) >= 11 is 6.76. The van der Waals surface area contributed by atoms with E-state index in [1.165, 1.54) is 18.2 Å². The first-order valence-corrected chi connectivity index (χ1v) is 10.1. The van der Waals surface area contributed by atoms with E-state index in [9.17, 15) is 13.2 Å². The summed E-state index contributed by atoms with van der Waals surface area (Å²) < 4.78 is 27.6. The van der Waals surface area contributed by atoms with Crippen LogP contribution in [0, 0.1) is 0 Å². The molecule has 0 aliphatic rings. The molecule has 134 valence electrons. The number of halogens is 1. The third-order valence-electron chi connectivity index (χ3n) is 3.22. The van der Waals surface area contributed by atoms with Gasteiger partial charge in [0.15, 0.2) is 0 Å². The number of nitrogens with one attached hydrogen (secondary N) is 3. The molecular weight excluding hydrogens is 394 g/mol. The molecule has 3 N–H and O–H groups in total. The van der Waals surface area contributed by atoms with Gasteiger partial charge in [0.1, 0.15) is 4.21 Å². The Labute approximate surface area is 159 Å². The Kier molecular flexibility index (Phi) is 5.46. The Balaban J connectivity index is 1.69. The van der Waals surface area contributed by atoms with Crippen LogP contribution in [0.4, 0.5) is 21.9 Å². The maximum absolute atomic E-state index is 12.3. The Bertz CT molecular complexity index is 1020. The number of sulfonamides is 1. The van der Waals surface area contributed by atoms with Gasteiger partial charge in [0, 0.05) is 11.4 Å². The minimum Gasteiger partial charge on any atom is -0.308 e. The van der Waals surface area contributed by atoms with Crippen molar-refractivity contribution in [1.29, 1.82) is 0 Å². The van der Waals surface area contributed by atoms with Crippen LogP contribution in [0.1, 0.15) is 0 Å². The summed E-state index contributed by atoms with van der Waals surface area (Å²) in [6.07, 6.45) is 0. The highest BCUT2D eigenvalue weighted by Gasteiger charge is 2.17. The highest BCUT2D eigenvalue weighted by Crippen LogP contribution is 2.27. The summed E-state index contributed by atoms with van der Waals surface area (Å²) in [4.78, 5) is 12.0. The number of amides is 2. The maximum Gasteiger partial charge on any atom is 0.323 e. The molecule has 6 nitrogen and oxygen atoms in total. The number of carbonyl (C=O) groups is 1. The van der Waals surface area contributed by atoms with E-state index in [1.807, 2.05) is 18.2 Å². The quantitative estimate of drug-likeness (QED) is 0.565. The Morgan fingerprint density at radius 3 is 2.19 bits per heavy atom. The molecule has 2 amide bonds. The molecule has 0 atom stereocenters. The molecule has 0 radical (unpaired) electrons. The van der Waals surface area contributed by atoms with Crippen LogP contribution < -0.4 is 15.4 Å². The first-order chi connectivity index (χ1) is 12.4. The number of hydrogen-bond donors (Lipinski definition) is 3. The van der Waals surface area contributed by atoms with Crippen LogP contribution in [-0.2, 0) is 10.0 Å². The van der Waals surface area contributed by atoms with E-state index in [4.69, 9.17) is 11.6 Å². The van der Waals surface area contributed by atoms with Crippen LogP contribution in [0.25, 0.3) is 0 Å². The molecule has 3 rings (SSSR count). The van der Waals surface area contributed by atoms with Gasteiger partial charge >= 0.3 is 6.03 Å². The molecule has 1 heterocycles. The molecule has 1 aromatic heterocycles. The van der Waals surface area contributed by atoms with Gasteiger partial charge in [-0.1, -0.05) is 35.9 Å². The number of para-hydroxylation sites is 1. The van der Waals surface area contributed by atoms with Gasteiger partial charge in [0.2, 0.25) is 0 Å². The molecule has 0 aliphatic carbocycles. The number of anilines is 3. The highest BCUT2D eigenvalue weighted by molar-refractivity contribution is 7.94. The largest absolute Gasteiger partial charge is 0.323 e. The van der Waals surface area contributed by atoms with Crippen molar-refractivity contribution in [2.75, 3.05) is 15.4 Å². The van der Waals surface area contributed by atoms with Gasteiger partial charge < -0.3 is 10.6 Å². The summed E-state index contributed by atoms with van der Waals surface area (Å²) in [7, 11) is -3.73. The molecule has 3 aromatic rings. The average molecular weight is 408 g/mol. The van der Waals surface area contributed by atoms with Crippen molar-refractivity contribution in [3.63, 3.8) is 0 Å². The summed E-state index contributed by atoms with van der Waals surface area (Å²) in [6.45, 7) is 0. The van der Waals surface area contributed by atoms with Crippen LogP contribution in [0.5, 0.6) is 0 Å². The van der Waals surface area contributed by atoms with Gasteiger partial charge in [-0.25, -0.2) is 13.2 Å². The number of benzene rings is 2. The fourth-order valence-electron chi connectivity index (χ4n) is 2.12. The van der Waals surface area contributed by atoms with E-state index in [1.54, 1.807) is 30.3 Å². The molecule has 9 heteroatoms. The minimum absolute atomic E-state index is 0.114. The lowest BCUT2D eigenvalue weighted by Gasteiger charge is -2.10. The van der Waals surface area contributed by atoms with Gasteiger partial charge in [-0.15, -0.1) is 11.3 Å². The molecule has 0 bridgehead atoms. The smallest absolute Gasteiger partial charge is 0.308 e. The van der Waals surface area contributed by atoms with Crippen LogP contribution >= 0.6 is 22.9 Å². The van der Waals surface area contributed by atoms with Crippen molar-refractivity contribution < 1.29 is 13.2 Å². The molecule has 26 heavy (non-hydrogen) atoms. The van der Waals surface area contributed by atoms with Gasteiger partial charge in [-0.2, -0.15) is 0 Å². The van der Waals surface area contributed by atoms with Crippen molar-refractivity contribution in [1.82, 2.24) is 0 Å². The SMILES string of the molecule is O=C(Nc1ccccc1)Nc1cccc(NS(=O)(=O)c2ccc(Cl)s2)c1. The molecule has 2 aromatic carbocycles. The molecule has 0 spiro atoms. The topological polar surface area (TPSA) is 87.3 Å². The standard InChI is InChI=1S/C17H14ClN3O3S2/c18-15-9-10-16(25-15)26(23,24)21-14-8-4-7-13(11-14)20-17(22)19-12-5-2-1-3-6-12/h1-11,21H,(H2,19,20,22). The number of thiophene rings is 1. The molecule has 0 unspecified atom stereocenters. The van der Waals surface area contributed by atoms with E-state index in [-0.39, 0.29) is 4.21 Å². The van der Waals surface area contributed by atoms with Crippen molar-refractivity contribution in [2.45, 2.75) is 4.21 Å².